The smallest absolute Gasteiger partial charge is 0.0199 e. The van der Waals surface area contributed by atoms with Gasteiger partial charge in [-0.25, -0.2) is 0 Å². The monoisotopic (exact) mass is 148 g/mol. The number of hydrogen-bond acceptors (Lipinski definition) is 0. The van der Waals surface area contributed by atoms with Gasteiger partial charge < -0.3 is 0 Å². The van der Waals surface area contributed by atoms with E-state index < -0.39 is 0 Å². The molecule has 0 amide bonds. The maximum atomic E-state index is 3.92. The van der Waals surface area contributed by atoms with Crippen molar-refractivity contribution in [3.63, 3.8) is 0 Å². The normalized spacial score (nSPS) is 58.7. The minimum absolute atomic E-state index is 0.916. The molecule has 0 aromatic carbocycles. The summed E-state index contributed by atoms with van der Waals surface area (Å²) >= 11 is 0. The molecular weight excluding hydrogens is 132 g/mol. The molecule has 3 aliphatic rings. The predicted molar refractivity (Wildman–Crippen MR) is 46.1 cm³/mol. The Balaban J connectivity index is 1.78. The van der Waals surface area contributed by atoms with Crippen LogP contribution in [0.1, 0.15) is 25.7 Å². The molecule has 0 heterocycles. The molecule has 0 aromatic heterocycles. The van der Waals surface area contributed by atoms with E-state index in [0.29, 0.717) is 0 Å². The van der Waals surface area contributed by atoms with Gasteiger partial charge in [-0.15, -0.1) is 6.58 Å². The molecule has 0 aromatic rings. The Bertz CT molecular complexity index is 194. The summed E-state index contributed by atoms with van der Waals surface area (Å²) in [7, 11) is 0. The van der Waals surface area contributed by atoms with Gasteiger partial charge in [-0.2, -0.15) is 0 Å². The van der Waals surface area contributed by atoms with Crippen LogP contribution < -0.4 is 0 Å². The average Bonchev–Trinajstić information content (AvgIpc) is 2.33. The highest BCUT2D eigenvalue weighted by Gasteiger charge is 2.60. The Hall–Kier alpha value is -0.260. The Kier molecular flexibility index (Phi) is 1.09. The van der Waals surface area contributed by atoms with Crippen molar-refractivity contribution in [2.24, 2.45) is 29.6 Å². The van der Waals surface area contributed by atoms with E-state index in [9.17, 15) is 0 Å². The summed E-state index contributed by atoms with van der Waals surface area (Å²) in [6, 6.07) is 0. The molecule has 60 valence electrons. The second kappa shape index (κ2) is 1.91. The lowest BCUT2D eigenvalue weighted by Crippen LogP contribution is -2.55. The van der Waals surface area contributed by atoms with Crippen LogP contribution in [-0.2, 0) is 0 Å². The van der Waals surface area contributed by atoms with Gasteiger partial charge in [-0.05, 0) is 48.9 Å². The van der Waals surface area contributed by atoms with Crippen LogP contribution in [0.15, 0.2) is 12.7 Å². The van der Waals surface area contributed by atoms with Crippen LogP contribution in [0.5, 0.6) is 0 Å². The molecule has 0 aliphatic heterocycles. The van der Waals surface area contributed by atoms with Crippen molar-refractivity contribution in [1.82, 2.24) is 0 Å². The van der Waals surface area contributed by atoms with Crippen molar-refractivity contribution >= 4 is 0 Å². The SMILES string of the molecule is C=CC1CC2C3CCCC3C12. The van der Waals surface area contributed by atoms with Crippen LogP contribution in [0, 0.1) is 29.6 Å². The second-order valence-corrected chi connectivity index (χ2v) is 4.64. The highest BCUT2D eigenvalue weighted by atomic mass is 14.6. The fourth-order valence-electron chi connectivity index (χ4n) is 3.98. The van der Waals surface area contributed by atoms with Crippen LogP contribution in [0.4, 0.5) is 0 Å². The van der Waals surface area contributed by atoms with Crippen molar-refractivity contribution in [2.45, 2.75) is 25.7 Å². The molecule has 5 atom stereocenters. The molecule has 3 aliphatic carbocycles. The first-order valence-corrected chi connectivity index (χ1v) is 5.04. The molecular formula is C11H16. The van der Waals surface area contributed by atoms with Crippen LogP contribution in [0.2, 0.25) is 0 Å². The standard InChI is InChI=1S/C11H16/c1-2-7-6-10-8-4-3-5-9(8)11(7)10/h2,7-11H,1,3-6H2. The fourth-order valence-corrected chi connectivity index (χ4v) is 3.98. The Labute approximate surface area is 68.7 Å². The highest BCUT2D eigenvalue weighted by molar-refractivity contribution is 5.13. The average molecular weight is 148 g/mol. The molecule has 3 rings (SSSR count). The van der Waals surface area contributed by atoms with Crippen molar-refractivity contribution in [1.29, 1.82) is 0 Å². The fraction of sp³-hybridized carbons (Fsp3) is 0.818. The lowest BCUT2D eigenvalue weighted by atomic mass is 9.43. The van der Waals surface area contributed by atoms with Gasteiger partial charge in [0.05, 0.1) is 0 Å². The Morgan fingerprint density at radius 3 is 2.73 bits per heavy atom. The third-order valence-electron chi connectivity index (χ3n) is 4.51. The van der Waals surface area contributed by atoms with E-state index in [1.54, 1.807) is 6.42 Å². The second-order valence-electron chi connectivity index (χ2n) is 4.64. The molecule has 0 bridgehead atoms. The van der Waals surface area contributed by atoms with Crippen molar-refractivity contribution in [2.75, 3.05) is 0 Å². The lowest BCUT2D eigenvalue weighted by Gasteiger charge is -2.61. The first-order valence-electron chi connectivity index (χ1n) is 5.04. The Morgan fingerprint density at radius 2 is 1.91 bits per heavy atom. The maximum absolute atomic E-state index is 3.92. The predicted octanol–water partition coefficient (Wildman–Crippen LogP) is 2.85. The zero-order chi connectivity index (χ0) is 7.42. The van der Waals surface area contributed by atoms with E-state index in [4.69, 9.17) is 0 Å². The van der Waals surface area contributed by atoms with Crippen LogP contribution in [0.25, 0.3) is 0 Å². The summed E-state index contributed by atoms with van der Waals surface area (Å²) in [5.74, 6) is 5.46. The molecule has 3 saturated carbocycles. The first kappa shape index (κ1) is 6.28. The minimum Gasteiger partial charge on any atom is -0.103 e. The third-order valence-corrected chi connectivity index (χ3v) is 4.51. The number of rotatable bonds is 1. The summed E-state index contributed by atoms with van der Waals surface area (Å²) in [5.41, 5.74) is 0. The molecule has 11 heavy (non-hydrogen) atoms. The number of hydrogen-bond donors (Lipinski definition) is 0. The topological polar surface area (TPSA) is 0 Å². The molecule has 3 fully saturated rings. The van der Waals surface area contributed by atoms with Gasteiger partial charge >= 0.3 is 0 Å². The van der Waals surface area contributed by atoms with E-state index in [1.807, 2.05) is 0 Å². The molecule has 0 N–H and O–H groups in total. The van der Waals surface area contributed by atoms with Gasteiger partial charge in [0.1, 0.15) is 0 Å². The van der Waals surface area contributed by atoms with Gasteiger partial charge in [0.25, 0.3) is 0 Å². The summed E-state index contributed by atoms with van der Waals surface area (Å²) in [6.45, 7) is 3.92. The van der Waals surface area contributed by atoms with Gasteiger partial charge in [-0.3, -0.25) is 0 Å². The molecule has 0 radical (unpaired) electrons. The number of allylic oxidation sites excluding steroid dienone is 1. The summed E-state index contributed by atoms with van der Waals surface area (Å²) in [6.07, 6.45) is 8.29. The van der Waals surface area contributed by atoms with Crippen LogP contribution >= 0.6 is 0 Å². The maximum Gasteiger partial charge on any atom is -0.0199 e. The zero-order valence-electron chi connectivity index (χ0n) is 7.00. The zero-order valence-corrected chi connectivity index (χ0v) is 7.00. The summed E-state index contributed by atoms with van der Waals surface area (Å²) in [5, 5.41) is 0. The van der Waals surface area contributed by atoms with Crippen molar-refractivity contribution in [3.8, 4) is 0 Å². The molecule has 0 heteroatoms. The molecule has 5 unspecified atom stereocenters. The summed E-state index contributed by atoms with van der Waals surface area (Å²) in [4.78, 5) is 0. The van der Waals surface area contributed by atoms with Crippen LogP contribution in [-0.4, -0.2) is 0 Å². The minimum atomic E-state index is 0.916. The first-order chi connectivity index (χ1) is 5.42. The highest BCUT2D eigenvalue weighted by Crippen LogP contribution is 2.67. The van der Waals surface area contributed by atoms with E-state index >= 15 is 0 Å². The molecule has 0 spiro atoms. The van der Waals surface area contributed by atoms with E-state index in [2.05, 4.69) is 12.7 Å². The van der Waals surface area contributed by atoms with Gasteiger partial charge in [0, 0.05) is 0 Å². The van der Waals surface area contributed by atoms with Crippen molar-refractivity contribution in [3.05, 3.63) is 12.7 Å². The Morgan fingerprint density at radius 1 is 1.09 bits per heavy atom. The quantitative estimate of drug-likeness (QED) is 0.502. The lowest BCUT2D eigenvalue weighted by molar-refractivity contribution is -0.117. The summed E-state index contributed by atoms with van der Waals surface area (Å²) < 4.78 is 0. The van der Waals surface area contributed by atoms with Crippen LogP contribution in [0.3, 0.4) is 0 Å². The largest absolute Gasteiger partial charge is 0.103 e. The molecule has 0 nitrogen and oxygen atoms in total. The molecule has 0 saturated heterocycles. The van der Waals surface area contributed by atoms with E-state index in [0.717, 1.165) is 29.6 Å². The van der Waals surface area contributed by atoms with Gasteiger partial charge in [-0.1, -0.05) is 12.5 Å². The van der Waals surface area contributed by atoms with E-state index in [1.165, 1.54) is 19.3 Å². The van der Waals surface area contributed by atoms with Crippen molar-refractivity contribution < 1.29 is 0 Å². The number of fused-ring (bicyclic) bond motifs is 4. The third kappa shape index (κ3) is 0.579. The van der Waals surface area contributed by atoms with Gasteiger partial charge in [0.2, 0.25) is 0 Å². The van der Waals surface area contributed by atoms with E-state index in [-0.39, 0.29) is 0 Å². The van der Waals surface area contributed by atoms with Gasteiger partial charge in [0.15, 0.2) is 0 Å².